The average Bonchev–Trinajstić information content (AvgIpc) is 2.69. The van der Waals surface area contributed by atoms with Gasteiger partial charge in [0.1, 0.15) is 0 Å². The molecule has 2 rings (SSSR count). The van der Waals surface area contributed by atoms with Gasteiger partial charge in [-0.3, -0.25) is 14.7 Å². The third-order valence-corrected chi connectivity index (χ3v) is 4.02. The van der Waals surface area contributed by atoms with Crippen LogP contribution in [0.1, 0.15) is 25.0 Å². The van der Waals surface area contributed by atoms with Crippen LogP contribution in [0.2, 0.25) is 0 Å². The fraction of sp³-hybridized carbons (Fsp3) is 0.333. The molecule has 1 aromatic rings. The molecule has 0 saturated carbocycles. The zero-order valence-electron chi connectivity index (χ0n) is 11.5. The lowest BCUT2D eigenvalue weighted by Gasteiger charge is -2.11. The lowest BCUT2D eigenvalue weighted by atomic mass is 10.1. The second kappa shape index (κ2) is 6.06. The van der Waals surface area contributed by atoms with Crippen LogP contribution in [0.3, 0.4) is 0 Å². The van der Waals surface area contributed by atoms with Crippen molar-refractivity contribution in [1.82, 2.24) is 4.90 Å². The largest absolute Gasteiger partial charge is 0.287 e. The first-order valence-corrected chi connectivity index (χ1v) is 7.30. The quantitative estimate of drug-likeness (QED) is 0.792. The van der Waals surface area contributed by atoms with Crippen molar-refractivity contribution >= 4 is 28.9 Å². The molecule has 0 radical (unpaired) electrons. The van der Waals surface area contributed by atoms with Crippen molar-refractivity contribution < 1.29 is 4.79 Å². The van der Waals surface area contributed by atoms with E-state index in [4.69, 9.17) is 0 Å². The molecular formula is C15H18N2OS. The highest BCUT2D eigenvalue weighted by Gasteiger charge is 2.31. The minimum Gasteiger partial charge on any atom is -0.287 e. The minimum absolute atomic E-state index is 0.0583. The number of amides is 1. The number of rotatable bonds is 3. The predicted octanol–water partition coefficient (Wildman–Crippen LogP) is 3.31. The van der Waals surface area contributed by atoms with Crippen LogP contribution >= 0.6 is 11.8 Å². The molecule has 4 heteroatoms. The van der Waals surface area contributed by atoms with Crippen LogP contribution in [0, 0.1) is 6.92 Å². The molecule has 1 fully saturated rings. The van der Waals surface area contributed by atoms with Gasteiger partial charge in [-0.1, -0.05) is 24.3 Å². The maximum absolute atomic E-state index is 12.3. The van der Waals surface area contributed by atoms with Crippen molar-refractivity contribution in [2.24, 2.45) is 4.99 Å². The van der Waals surface area contributed by atoms with Crippen molar-refractivity contribution in [3.05, 3.63) is 40.3 Å². The molecule has 0 aliphatic carbocycles. The second-order valence-corrected chi connectivity index (χ2v) is 5.28. The minimum atomic E-state index is 0.0583. The number of carbonyl (C=O) groups excluding carboxylic acids is 1. The van der Waals surface area contributed by atoms with E-state index in [-0.39, 0.29) is 5.91 Å². The van der Waals surface area contributed by atoms with Crippen molar-refractivity contribution in [2.45, 2.75) is 20.8 Å². The van der Waals surface area contributed by atoms with Crippen LogP contribution in [-0.4, -0.2) is 29.1 Å². The number of benzene rings is 1. The van der Waals surface area contributed by atoms with Crippen molar-refractivity contribution in [1.29, 1.82) is 0 Å². The first kappa shape index (κ1) is 13.9. The Kier molecular flexibility index (Phi) is 4.43. The van der Waals surface area contributed by atoms with Crippen LogP contribution in [-0.2, 0) is 4.79 Å². The topological polar surface area (TPSA) is 32.7 Å². The van der Waals surface area contributed by atoms with Crippen molar-refractivity contribution in [3.63, 3.8) is 0 Å². The monoisotopic (exact) mass is 274 g/mol. The Bertz CT molecular complexity index is 549. The van der Waals surface area contributed by atoms with Crippen LogP contribution < -0.4 is 0 Å². The number of aryl methyl sites for hydroxylation is 1. The highest BCUT2D eigenvalue weighted by molar-refractivity contribution is 8.18. The van der Waals surface area contributed by atoms with Crippen molar-refractivity contribution in [3.8, 4) is 0 Å². The van der Waals surface area contributed by atoms with E-state index in [1.54, 1.807) is 4.90 Å². The molecule has 0 bridgehead atoms. The first-order chi connectivity index (χ1) is 9.17. The van der Waals surface area contributed by atoms with Gasteiger partial charge in [-0.25, -0.2) is 0 Å². The Hall–Kier alpha value is -1.55. The van der Waals surface area contributed by atoms with Gasteiger partial charge in [-0.15, -0.1) is 0 Å². The average molecular weight is 274 g/mol. The number of thioether (sulfide) groups is 1. The van der Waals surface area contributed by atoms with E-state index in [1.807, 2.05) is 38.1 Å². The molecule has 0 N–H and O–H groups in total. The normalized spacial score (nSPS) is 19.7. The fourth-order valence-corrected chi connectivity index (χ4v) is 3.03. The zero-order valence-corrected chi connectivity index (χ0v) is 12.3. The molecule has 1 aliphatic heterocycles. The maximum Gasteiger partial charge on any atom is 0.266 e. The van der Waals surface area contributed by atoms with E-state index in [2.05, 4.69) is 18.0 Å². The summed E-state index contributed by atoms with van der Waals surface area (Å²) in [7, 11) is 0. The lowest BCUT2D eigenvalue weighted by molar-refractivity contribution is -0.122. The Morgan fingerprint density at radius 3 is 2.68 bits per heavy atom. The molecular weight excluding hydrogens is 256 g/mol. The highest BCUT2D eigenvalue weighted by atomic mass is 32.2. The summed E-state index contributed by atoms with van der Waals surface area (Å²) in [6.07, 6.45) is 1.96. The molecule has 0 spiro atoms. The Morgan fingerprint density at radius 1 is 1.32 bits per heavy atom. The summed E-state index contributed by atoms with van der Waals surface area (Å²) in [5, 5.41) is 0.815. The number of aliphatic imine (C=N–C) groups is 1. The molecule has 1 saturated heterocycles. The van der Waals surface area contributed by atoms with E-state index >= 15 is 0 Å². The van der Waals surface area contributed by atoms with E-state index in [0.717, 1.165) is 15.6 Å². The van der Waals surface area contributed by atoms with E-state index in [1.165, 1.54) is 17.3 Å². The SMILES string of the molecule is CCN=C1S/C(=C\c2ccccc2C)C(=O)N1CC. The van der Waals surface area contributed by atoms with Crippen LogP contribution in [0.15, 0.2) is 34.2 Å². The Labute approximate surface area is 118 Å². The molecule has 1 aliphatic rings. The molecule has 0 aromatic heterocycles. The number of likely N-dealkylation sites (N-methyl/N-ethyl adjacent to an activating group) is 1. The maximum atomic E-state index is 12.3. The summed E-state index contributed by atoms with van der Waals surface area (Å²) in [4.78, 5) is 19.2. The van der Waals surface area contributed by atoms with Gasteiger partial charge in [0.05, 0.1) is 4.91 Å². The third-order valence-electron chi connectivity index (χ3n) is 2.97. The van der Waals surface area contributed by atoms with Crippen LogP contribution in [0.4, 0.5) is 0 Å². The molecule has 0 atom stereocenters. The summed E-state index contributed by atoms with van der Waals surface area (Å²) in [5.74, 6) is 0.0583. The summed E-state index contributed by atoms with van der Waals surface area (Å²) in [5.41, 5.74) is 2.26. The zero-order chi connectivity index (χ0) is 13.8. The molecule has 1 aromatic carbocycles. The summed E-state index contributed by atoms with van der Waals surface area (Å²) >= 11 is 1.47. The van der Waals surface area contributed by atoms with Gasteiger partial charge in [0.25, 0.3) is 5.91 Å². The molecule has 0 unspecified atom stereocenters. The van der Waals surface area contributed by atoms with Gasteiger partial charge < -0.3 is 0 Å². The van der Waals surface area contributed by atoms with Crippen LogP contribution in [0.5, 0.6) is 0 Å². The second-order valence-electron chi connectivity index (χ2n) is 4.27. The first-order valence-electron chi connectivity index (χ1n) is 6.48. The van der Waals surface area contributed by atoms with Gasteiger partial charge in [0, 0.05) is 13.1 Å². The molecule has 1 amide bonds. The third kappa shape index (κ3) is 2.89. The Morgan fingerprint density at radius 2 is 2.05 bits per heavy atom. The highest BCUT2D eigenvalue weighted by Crippen LogP contribution is 2.32. The molecule has 19 heavy (non-hydrogen) atoms. The standard InChI is InChI=1S/C15H18N2OS/c1-4-16-15-17(5-2)14(18)13(19-15)10-12-9-7-6-8-11(12)3/h6-10H,4-5H2,1-3H3/b13-10-,16-15?. The van der Waals surface area contributed by atoms with Gasteiger partial charge in [-0.2, -0.15) is 0 Å². The number of hydrogen-bond donors (Lipinski definition) is 0. The number of nitrogens with zero attached hydrogens (tertiary/aromatic N) is 2. The number of amidine groups is 1. The Balaban J connectivity index is 2.34. The van der Waals surface area contributed by atoms with Gasteiger partial charge in [0.2, 0.25) is 0 Å². The van der Waals surface area contributed by atoms with Crippen LogP contribution in [0.25, 0.3) is 6.08 Å². The predicted molar refractivity (Wildman–Crippen MR) is 82.1 cm³/mol. The fourth-order valence-electron chi connectivity index (χ4n) is 1.93. The van der Waals surface area contributed by atoms with Gasteiger partial charge in [-0.05, 0) is 49.7 Å². The lowest BCUT2D eigenvalue weighted by Crippen LogP contribution is -2.28. The number of carbonyl (C=O) groups is 1. The summed E-state index contributed by atoms with van der Waals surface area (Å²) < 4.78 is 0. The van der Waals surface area contributed by atoms with E-state index < -0.39 is 0 Å². The molecule has 1 heterocycles. The van der Waals surface area contributed by atoms with E-state index in [9.17, 15) is 4.79 Å². The van der Waals surface area contributed by atoms with Gasteiger partial charge >= 0.3 is 0 Å². The summed E-state index contributed by atoms with van der Waals surface area (Å²) in [6.45, 7) is 7.37. The molecule has 100 valence electrons. The van der Waals surface area contributed by atoms with E-state index in [0.29, 0.717) is 13.1 Å². The van der Waals surface area contributed by atoms with Crippen molar-refractivity contribution in [2.75, 3.05) is 13.1 Å². The molecule has 3 nitrogen and oxygen atoms in total. The number of hydrogen-bond acceptors (Lipinski definition) is 3. The smallest absolute Gasteiger partial charge is 0.266 e. The summed E-state index contributed by atoms with van der Waals surface area (Å²) in [6, 6.07) is 8.07. The van der Waals surface area contributed by atoms with Gasteiger partial charge in [0.15, 0.2) is 5.17 Å².